The molecule has 2 heterocycles. The third-order valence-corrected chi connectivity index (χ3v) is 4.72. The van der Waals surface area contributed by atoms with Crippen molar-refractivity contribution in [3.63, 3.8) is 0 Å². The van der Waals surface area contributed by atoms with Crippen molar-refractivity contribution < 1.29 is 52.3 Å². The molecule has 1 saturated heterocycles. The van der Waals surface area contributed by atoms with Gasteiger partial charge in [0.1, 0.15) is 18.3 Å². The Labute approximate surface area is 156 Å². The van der Waals surface area contributed by atoms with Gasteiger partial charge < -0.3 is 39.9 Å². The minimum absolute atomic E-state index is 0.0457. The zero-order valence-electron chi connectivity index (χ0n) is 13.6. The molecule has 27 heavy (non-hydrogen) atoms. The van der Waals surface area contributed by atoms with Gasteiger partial charge in [-0.3, -0.25) is 13.6 Å². The molecule has 4 atom stereocenters. The molecule has 154 valence electrons. The second kappa shape index (κ2) is 8.19. The van der Waals surface area contributed by atoms with Gasteiger partial charge in [0.2, 0.25) is 4.77 Å². The summed E-state index contributed by atoms with van der Waals surface area (Å²) in [5.41, 5.74) is 5.61. The van der Waals surface area contributed by atoms with E-state index in [2.05, 4.69) is 14.0 Å². The Hall–Kier alpha value is -0.960. The van der Waals surface area contributed by atoms with E-state index in [1.54, 1.807) is 0 Å². The van der Waals surface area contributed by atoms with Crippen molar-refractivity contribution in [1.29, 1.82) is 0 Å². The maximum absolute atomic E-state index is 11.2. The topological polar surface area (TPSA) is 216 Å². The lowest BCUT2D eigenvalue weighted by atomic mass is 10.1. The number of nitrogen functional groups attached to an aromatic ring is 1. The summed E-state index contributed by atoms with van der Waals surface area (Å²) >= 11 is 5.02. The van der Waals surface area contributed by atoms with E-state index >= 15 is 0 Å². The first-order valence-corrected chi connectivity index (χ1v) is 10.5. The predicted octanol–water partition coefficient (Wildman–Crippen LogP) is -0.951. The number of hydrogen-bond donors (Lipinski definition) is 6. The highest BCUT2D eigenvalue weighted by molar-refractivity contribution is 7.71. The van der Waals surface area contributed by atoms with Crippen molar-refractivity contribution in [3.8, 4) is 5.75 Å². The summed E-state index contributed by atoms with van der Waals surface area (Å²) in [4.78, 5) is 39.5. The molecule has 7 N–H and O–H groups in total. The highest BCUT2D eigenvalue weighted by Gasteiger charge is 2.49. The van der Waals surface area contributed by atoms with Crippen LogP contribution >= 0.6 is 27.9 Å². The van der Waals surface area contributed by atoms with E-state index in [1.165, 1.54) is 13.3 Å². The number of ether oxygens (including phenoxy) is 2. The van der Waals surface area contributed by atoms with Gasteiger partial charge in [-0.05, 0) is 12.2 Å². The van der Waals surface area contributed by atoms with Crippen LogP contribution in [0.5, 0.6) is 5.75 Å². The fraction of sp³-hybridized carbons (Fsp3) is 0.600. The van der Waals surface area contributed by atoms with Crippen molar-refractivity contribution in [2.75, 3.05) is 19.5 Å². The number of aliphatic hydroxyl groups excluding tert-OH is 1. The molecule has 1 aliphatic rings. The number of rotatable bonds is 7. The van der Waals surface area contributed by atoms with Gasteiger partial charge >= 0.3 is 15.6 Å². The van der Waals surface area contributed by atoms with Gasteiger partial charge in [-0.15, -0.1) is 0 Å². The van der Waals surface area contributed by atoms with Gasteiger partial charge in [0.05, 0.1) is 19.9 Å². The maximum atomic E-state index is 11.2. The highest BCUT2D eigenvalue weighted by Crippen LogP contribution is 2.45. The highest BCUT2D eigenvalue weighted by atomic mass is 32.1. The predicted molar refractivity (Wildman–Crippen MR) is 88.9 cm³/mol. The molecule has 1 aromatic heterocycles. The lowest BCUT2D eigenvalue weighted by Crippen LogP contribution is -2.36. The molecular formula is C10H17N3O11P2S. The molecule has 0 spiro atoms. The monoisotopic (exact) mass is 449 g/mol. The fourth-order valence-corrected chi connectivity index (χ4v) is 3.52. The van der Waals surface area contributed by atoms with E-state index in [0.717, 1.165) is 4.57 Å². The molecule has 0 saturated carbocycles. The molecule has 1 aromatic rings. The summed E-state index contributed by atoms with van der Waals surface area (Å²) in [6.07, 6.45) is -5.03. The Balaban J connectivity index is 2.37. The molecule has 0 radical (unpaired) electrons. The summed E-state index contributed by atoms with van der Waals surface area (Å²) in [7, 11) is -8.72. The van der Waals surface area contributed by atoms with E-state index in [1.807, 2.05) is 0 Å². The van der Waals surface area contributed by atoms with E-state index in [0.29, 0.717) is 0 Å². The van der Waals surface area contributed by atoms with Crippen LogP contribution < -0.4 is 10.5 Å². The van der Waals surface area contributed by atoms with E-state index in [4.69, 9.17) is 47.0 Å². The molecule has 14 nitrogen and oxygen atoms in total. The van der Waals surface area contributed by atoms with Crippen LogP contribution in [-0.2, 0) is 22.9 Å². The molecular weight excluding hydrogens is 432 g/mol. The van der Waals surface area contributed by atoms with Gasteiger partial charge in [-0.2, -0.15) is 4.98 Å². The Morgan fingerprint density at radius 2 is 1.96 bits per heavy atom. The minimum atomic E-state index is -5.09. The zero-order chi connectivity index (χ0) is 20.6. The number of anilines is 1. The lowest BCUT2D eigenvalue weighted by Gasteiger charge is -2.21. The number of hydrogen-bond acceptors (Lipinski definition) is 10. The first kappa shape index (κ1) is 22.3. The second-order valence-electron chi connectivity index (χ2n) is 5.29. The summed E-state index contributed by atoms with van der Waals surface area (Å²) in [5.74, 6) is 0.0254. The number of nitrogens with zero attached hydrogens (tertiary/aromatic N) is 2. The first-order chi connectivity index (χ1) is 12.3. The quantitative estimate of drug-likeness (QED) is 0.219. The van der Waals surface area contributed by atoms with Crippen LogP contribution in [0.25, 0.3) is 0 Å². The fourth-order valence-electron chi connectivity index (χ4n) is 2.35. The Morgan fingerprint density at radius 1 is 1.33 bits per heavy atom. The molecule has 1 aliphatic heterocycles. The van der Waals surface area contributed by atoms with Crippen LogP contribution in [0.4, 0.5) is 5.82 Å². The minimum Gasteiger partial charge on any atom is -0.491 e. The number of aliphatic hydroxyl groups is 1. The van der Waals surface area contributed by atoms with Crippen molar-refractivity contribution in [1.82, 2.24) is 9.55 Å². The number of methoxy groups -OCH3 is 1. The van der Waals surface area contributed by atoms with Crippen molar-refractivity contribution >= 4 is 33.7 Å². The second-order valence-corrected chi connectivity index (χ2v) is 8.08. The molecule has 0 aromatic carbocycles. The van der Waals surface area contributed by atoms with Gasteiger partial charge in [0.15, 0.2) is 17.8 Å². The number of nitrogens with two attached hydrogens (primary N) is 1. The van der Waals surface area contributed by atoms with Gasteiger partial charge in [0, 0.05) is 0 Å². The third kappa shape index (κ3) is 5.76. The average Bonchev–Trinajstić information content (AvgIpc) is 2.80. The molecule has 4 unspecified atom stereocenters. The van der Waals surface area contributed by atoms with Crippen LogP contribution in [0.15, 0.2) is 6.20 Å². The largest absolute Gasteiger partial charge is 0.491 e. The van der Waals surface area contributed by atoms with E-state index in [-0.39, 0.29) is 16.3 Å². The van der Waals surface area contributed by atoms with Gasteiger partial charge in [-0.1, -0.05) is 0 Å². The maximum Gasteiger partial charge on any atom is 0.470 e. The summed E-state index contributed by atoms with van der Waals surface area (Å²) in [6.45, 7) is -0.838. The average molecular weight is 449 g/mol. The van der Waals surface area contributed by atoms with Crippen molar-refractivity contribution in [2.45, 2.75) is 24.5 Å². The summed E-state index contributed by atoms with van der Waals surface area (Å²) in [5, 5.41) is 10.4. The van der Waals surface area contributed by atoms with Crippen molar-refractivity contribution in [2.24, 2.45) is 0 Å². The molecule has 0 amide bonds. The molecule has 0 bridgehead atoms. The number of aromatic nitrogens is 2. The normalized spacial score (nSPS) is 26.3. The molecule has 0 aliphatic carbocycles. The number of phosphoric ester groups is 2. The molecule has 17 heteroatoms. The lowest BCUT2D eigenvalue weighted by molar-refractivity contribution is -0.0534. The van der Waals surface area contributed by atoms with Crippen LogP contribution in [0.3, 0.4) is 0 Å². The molecule has 2 rings (SSSR count). The Kier molecular flexibility index (Phi) is 6.77. The Morgan fingerprint density at radius 3 is 2.48 bits per heavy atom. The first-order valence-electron chi connectivity index (χ1n) is 7.02. The van der Waals surface area contributed by atoms with Gasteiger partial charge in [0.25, 0.3) is 0 Å². The summed E-state index contributed by atoms with van der Waals surface area (Å²) in [6, 6.07) is 0. The van der Waals surface area contributed by atoms with E-state index in [9.17, 15) is 14.2 Å². The van der Waals surface area contributed by atoms with Gasteiger partial charge in [-0.25, -0.2) is 9.13 Å². The molecule has 1 fully saturated rings. The number of phosphoric acid groups is 2. The summed E-state index contributed by atoms with van der Waals surface area (Å²) < 4.78 is 42.2. The Bertz CT molecular complexity index is 838. The van der Waals surface area contributed by atoms with Crippen LogP contribution in [0.2, 0.25) is 0 Å². The van der Waals surface area contributed by atoms with Crippen molar-refractivity contribution in [3.05, 3.63) is 11.0 Å². The van der Waals surface area contributed by atoms with Crippen LogP contribution in [0, 0.1) is 4.77 Å². The van der Waals surface area contributed by atoms with Crippen LogP contribution in [0.1, 0.15) is 6.23 Å². The third-order valence-electron chi connectivity index (χ3n) is 3.42. The van der Waals surface area contributed by atoms with Crippen LogP contribution in [-0.4, -0.2) is 66.3 Å². The SMILES string of the molecule is COc1cn(C2OC(COP(=O)(O)O)C(OP(=O)(O)O)C2O)c(=S)nc1N. The standard InChI is InChI=1S/C10H17N3O11P2S/c1-21-4-2-13(10(27)12-8(4)11)9-6(14)7(24-26(18,19)20)5(23-9)3-22-25(15,16)17/h2,5-7,9,14H,3H2,1H3,(H2,11,12,27)(H2,15,16,17)(H2,18,19,20). The van der Waals surface area contributed by atoms with E-state index < -0.39 is 46.8 Å². The zero-order valence-corrected chi connectivity index (χ0v) is 16.2. The smallest absolute Gasteiger partial charge is 0.470 e.